The van der Waals surface area contributed by atoms with E-state index in [2.05, 4.69) is 23.9 Å². The van der Waals surface area contributed by atoms with Crippen LogP contribution in [-0.2, 0) is 4.79 Å². The van der Waals surface area contributed by atoms with Gasteiger partial charge in [-0.15, -0.1) is 0 Å². The van der Waals surface area contributed by atoms with Gasteiger partial charge in [0, 0.05) is 10.8 Å². The fourth-order valence-electron chi connectivity index (χ4n) is 2.04. The van der Waals surface area contributed by atoms with Crippen molar-refractivity contribution in [3.8, 4) is 0 Å². The molecule has 0 saturated heterocycles. The molecule has 1 aliphatic rings. The van der Waals surface area contributed by atoms with Gasteiger partial charge in [0.1, 0.15) is 0 Å². The van der Waals surface area contributed by atoms with Crippen molar-refractivity contribution in [2.45, 2.75) is 46.0 Å². The minimum absolute atomic E-state index is 0.0227. The quantitative estimate of drug-likeness (QED) is 0.378. The Bertz CT molecular complexity index is 261. The van der Waals surface area contributed by atoms with Gasteiger partial charge in [-0.05, 0) is 41.7 Å². The molecule has 0 N–H and O–H groups in total. The van der Waals surface area contributed by atoms with E-state index in [0.717, 1.165) is 32.1 Å². The lowest BCUT2D eigenvalue weighted by Gasteiger charge is -2.35. The second-order valence-electron chi connectivity index (χ2n) is 4.47. The summed E-state index contributed by atoms with van der Waals surface area (Å²) in [5, 5.41) is 3.16. The third-order valence-corrected chi connectivity index (χ3v) is 3.54. The van der Waals surface area contributed by atoms with E-state index in [1.165, 1.54) is 0 Å². The number of hydrogen-bond acceptors (Lipinski definition) is 1. The summed E-state index contributed by atoms with van der Waals surface area (Å²) in [6, 6.07) is 0. The minimum Gasteiger partial charge on any atom is -0.292 e. The first kappa shape index (κ1) is 11.1. The smallest absolute Gasteiger partial charge is 0.222 e. The van der Waals surface area contributed by atoms with Gasteiger partial charge in [0.2, 0.25) is 5.91 Å². The molecule has 0 bridgehead atoms. The predicted molar refractivity (Wildman–Crippen MR) is 54.5 cm³/mol. The zero-order chi connectivity index (χ0) is 10.6. The van der Waals surface area contributed by atoms with Crippen molar-refractivity contribution in [3.05, 3.63) is 10.4 Å². The Balaban J connectivity index is 2.51. The maximum Gasteiger partial charge on any atom is 0.222 e. The van der Waals surface area contributed by atoms with Crippen molar-refractivity contribution in [2.24, 2.45) is 16.4 Å². The predicted octanol–water partition coefficient (Wildman–Crippen LogP) is 3.43. The first-order chi connectivity index (χ1) is 6.61. The van der Waals surface area contributed by atoms with Crippen LogP contribution in [0.15, 0.2) is 5.11 Å². The first-order valence-electron chi connectivity index (χ1n) is 5.20. The van der Waals surface area contributed by atoms with Gasteiger partial charge in [-0.25, -0.2) is 0 Å². The molecule has 0 aromatic carbocycles. The molecule has 0 aromatic heterocycles. The van der Waals surface area contributed by atoms with Crippen LogP contribution in [0.25, 0.3) is 10.4 Å². The van der Waals surface area contributed by atoms with Crippen LogP contribution in [0.4, 0.5) is 0 Å². The summed E-state index contributed by atoms with van der Waals surface area (Å²) in [6.07, 6.45) is 5.06. The van der Waals surface area contributed by atoms with E-state index in [4.69, 9.17) is 5.53 Å². The Morgan fingerprint density at radius 2 is 2.14 bits per heavy atom. The molecular weight excluding hydrogens is 178 g/mol. The molecule has 0 atom stereocenters. The topological polar surface area (TPSA) is 65.8 Å². The number of hydrogen-bond donors (Lipinski definition) is 0. The van der Waals surface area contributed by atoms with Crippen LogP contribution in [0.3, 0.4) is 0 Å². The lowest BCUT2D eigenvalue weighted by Crippen LogP contribution is -2.26. The zero-order valence-corrected chi connectivity index (χ0v) is 8.86. The van der Waals surface area contributed by atoms with E-state index in [-0.39, 0.29) is 11.8 Å². The van der Waals surface area contributed by atoms with Crippen LogP contribution in [0, 0.1) is 11.3 Å². The molecule has 0 spiro atoms. The molecule has 0 aliphatic heterocycles. The summed E-state index contributed by atoms with van der Waals surface area (Å²) < 4.78 is 0. The summed E-state index contributed by atoms with van der Waals surface area (Å²) in [6.45, 7) is 4.46. The van der Waals surface area contributed by atoms with Gasteiger partial charge in [0.05, 0.1) is 0 Å². The van der Waals surface area contributed by atoms with E-state index in [1.54, 1.807) is 0 Å². The lowest BCUT2D eigenvalue weighted by atomic mass is 9.70. The molecule has 1 fully saturated rings. The number of amides is 1. The highest BCUT2D eigenvalue weighted by molar-refractivity contribution is 5.79. The minimum atomic E-state index is -0.273. The van der Waals surface area contributed by atoms with Crippen molar-refractivity contribution in [1.29, 1.82) is 0 Å². The molecule has 0 heterocycles. The van der Waals surface area contributed by atoms with E-state index in [0.29, 0.717) is 5.41 Å². The molecule has 1 amide bonds. The number of rotatable bonds is 2. The molecular formula is C10H17N3O. The molecule has 1 rings (SSSR count). The Morgan fingerprint density at radius 1 is 1.57 bits per heavy atom. The maximum atomic E-state index is 11.3. The SMILES string of the molecule is CCC1(C)CCC(C(=O)N=[N+]=[N-])CC1. The van der Waals surface area contributed by atoms with Crippen LogP contribution in [0.2, 0.25) is 0 Å². The Labute approximate surface area is 84.3 Å². The fraction of sp³-hybridized carbons (Fsp3) is 0.900. The van der Waals surface area contributed by atoms with E-state index < -0.39 is 0 Å². The van der Waals surface area contributed by atoms with Gasteiger partial charge >= 0.3 is 0 Å². The third kappa shape index (κ3) is 2.48. The Hall–Kier alpha value is -1.02. The highest BCUT2D eigenvalue weighted by atomic mass is 16.1. The molecule has 0 radical (unpaired) electrons. The van der Waals surface area contributed by atoms with E-state index in [1.807, 2.05) is 0 Å². The van der Waals surface area contributed by atoms with Crippen LogP contribution in [0.1, 0.15) is 46.0 Å². The van der Waals surface area contributed by atoms with Crippen molar-refractivity contribution in [1.82, 2.24) is 0 Å². The average Bonchev–Trinajstić information content (AvgIpc) is 2.19. The molecule has 0 aromatic rings. The monoisotopic (exact) mass is 195 g/mol. The highest BCUT2D eigenvalue weighted by Gasteiger charge is 2.31. The van der Waals surface area contributed by atoms with Gasteiger partial charge in [-0.2, -0.15) is 0 Å². The first-order valence-corrected chi connectivity index (χ1v) is 5.20. The molecule has 1 saturated carbocycles. The number of azide groups is 1. The summed E-state index contributed by atoms with van der Waals surface area (Å²) >= 11 is 0. The van der Waals surface area contributed by atoms with Gasteiger partial charge in [0.15, 0.2) is 0 Å². The van der Waals surface area contributed by atoms with Crippen molar-refractivity contribution in [2.75, 3.05) is 0 Å². The molecule has 1 aliphatic carbocycles. The molecule has 0 unspecified atom stereocenters. The summed E-state index contributed by atoms with van der Waals surface area (Å²) in [4.78, 5) is 13.8. The van der Waals surface area contributed by atoms with Crippen LogP contribution in [-0.4, -0.2) is 5.91 Å². The maximum absolute atomic E-state index is 11.3. The molecule has 14 heavy (non-hydrogen) atoms. The van der Waals surface area contributed by atoms with Crippen LogP contribution in [0.5, 0.6) is 0 Å². The summed E-state index contributed by atoms with van der Waals surface area (Å²) in [5.74, 6) is -0.295. The standard InChI is InChI=1S/C10H17N3O/c1-3-10(2)6-4-8(5-7-10)9(14)12-13-11/h8H,3-7H2,1-2H3. The van der Waals surface area contributed by atoms with Gasteiger partial charge in [-0.1, -0.05) is 20.3 Å². The second-order valence-corrected chi connectivity index (χ2v) is 4.47. The van der Waals surface area contributed by atoms with Gasteiger partial charge in [-0.3, -0.25) is 4.79 Å². The van der Waals surface area contributed by atoms with Crippen molar-refractivity contribution >= 4 is 5.91 Å². The van der Waals surface area contributed by atoms with Crippen molar-refractivity contribution in [3.63, 3.8) is 0 Å². The van der Waals surface area contributed by atoms with Gasteiger partial charge < -0.3 is 0 Å². The van der Waals surface area contributed by atoms with E-state index >= 15 is 0 Å². The van der Waals surface area contributed by atoms with E-state index in [9.17, 15) is 4.79 Å². The third-order valence-electron chi connectivity index (χ3n) is 3.54. The Morgan fingerprint density at radius 3 is 2.57 bits per heavy atom. The fourth-order valence-corrected chi connectivity index (χ4v) is 2.04. The van der Waals surface area contributed by atoms with Crippen LogP contribution >= 0.6 is 0 Å². The summed E-state index contributed by atoms with van der Waals surface area (Å²) in [7, 11) is 0. The Kier molecular flexibility index (Phi) is 3.53. The van der Waals surface area contributed by atoms with Crippen LogP contribution < -0.4 is 0 Å². The number of carbonyl (C=O) groups excluding carboxylic acids is 1. The second kappa shape index (κ2) is 4.47. The number of carbonyl (C=O) groups is 1. The molecule has 78 valence electrons. The lowest BCUT2D eigenvalue weighted by molar-refractivity contribution is -0.123. The number of nitrogens with zero attached hydrogens (tertiary/aromatic N) is 3. The largest absolute Gasteiger partial charge is 0.292 e. The van der Waals surface area contributed by atoms with Gasteiger partial charge in [0.25, 0.3) is 0 Å². The zero-order valence-electron chi connectivity index (χ0n) is 8.86. The highest BCUT2D eigenvalue weighted by Crippen LogP contribution is 2.41. The normalized spacial score (nSPS) is 32.0. The molecule has 4 heteroatoms. The van der Waals surface area contributed by atoms with Crippen molar-refractivity contribution < 1.29 is 4.79 Å². The summed E-state index contributed by atoms with van der Waals surface area (Å²) in [5.41, 5.74) is 8.55. The molecule has 4 nitrogen and oxygen atoms in total. The average molecular weight is 195 g/mol.